The van der Waals surface area contributed by atoms with Crippen LogP contribution in [-0.4, -0.2) is 5.11 Å². The fourth-order valence-electron chi connectivity index (χ4n) is 1.11. The van der Waals surface area contributed by atoms with E-state index >= 15 is 0 Å². The van der Waals surface area contributed by atoms with E-state index in [4.69, 9.17) is 10.4 Å². The van der Waals surface area contributed by atoms with Crippen molar-refractivity contribution in [2.45, 2.75) is 13.0 Å². The number of rotatable bonds is 3. The highest BCUT2D eigenvalue weighted by Gasteiger charge is 1.97. The summed E-state index contributed by atoms with van der Waals surface area (Å²) >= 11 is 0. The van der Waals surface area contributed by atoms with E-state index in [1.165, 1.54) is 12.1 Å². The number of allylic oxidation sites excluding steroid dienone is 1. The first-order valence-corrected chi connectivity index (χ1v) is 4.20. The number of hydrogen-bond donors (Lipinski definition) is 1. The van der Waals surface area contributed by atoms with Gasteiger partial charge in [-0.1, -0.05) is 12.2 Å². The lowest BCUT2D eigenvalue weighted by atomic mass is 10.1. The van der Waals surface area contributed by atoms with Crippen molar-refractivity contribution in [3.63, 3.8) is 0 Å². The number of benzene rings is 1. The molecule has 0 amide bonds. The minimum atomic E-state index is -0.381. The molecule has 1 aromatic rings. The van der Waals surface area contributed by atoms with Gasteiger partial charge < -0.3 is 5.11 Å². The van der Waals surface area contributed by atoms with Crippen molar-refractivity contribution in [2.75, 3.05) is 0 Å². The first-order valence-electron chi connectivity index (χ1n) is 4.20. The third-order valence-corrected chi connectivity index (χ3v) is 1.68. The minimum Gasteiger partial charge on any atom is -0.392 e. The molecular weight excluding hydrogens is 181 g/mol. The lowest BCUT2D eigenvalue weighted by Crippen LogP contribution is -1.86. The van der Waals surface area contributed by atoms with E-state index in [1.807, 2.05) is 6.07 Å². The van der Waals surface area contributed by atoms with Crippen molar-refractivity contribution in [3.8, 4) is 6.07 Å². The SMILES string of the molecule is N#CCC=Cc1cc(F)cc(CO)c1. The maximum Gasteiger partial charge on any atom is 0.124 e. The quantitative estimate of drug-likeness (QED) is 0.796. The Hall–Kier alpha value is -1.66. The molecule has 2 nitrogen and oxygen atoms in total. The predicted octanol–water partition coefficient (Wildman–Crippen LogP) is 2.24. The third-order valence-electron chi connectivity index (χ3n) is 1.68. The molecule has 0 atom stereocenters. The average molecular weight is 191 g/mol. The van der Waals surface area contributed by atoms with E-state index in [2.05, 4.69) is 0 Å². The summed E-state index contributed by atoms with van der Waals surface area (Å²) in [6.45, 7) is -0.184. The molecule has 0 spiro atoms. The molecule has 0 radical (unpaired) electrons. The number of aliphatic hydroxyl groups excluding tert-OH is 1. The van der Waals surface area contributed by atoms with Crippen LogP contribution in [0.3, 0.4) is 0 Å². The number of aliphatic hydroxyl groups is 1. The second-order valence-electron chi connectivity index (χ2n) is 2.82. The lowest BCUT2D eigenvalue weighted by molar-refractivity contribution is 0.281. The average Bonchev–Trinajstić information content (AvgIpc) is 2.17. The zero-order valence-corrected chi connectivity index (χ0v) is 7.57. The van der Waals surface area contributed by atoms with Crippen LogP contribution in [0.2, 0.25) is 0 Å². The fraction of sp³-hybridized carbons (Fsp3) is 0.182. The molecule has 1 aromatic carbocycles. The van der Waals surface area contributed by atoms with Crippen LogP contribution in [-0.2, 0) is 6.61 Å². The van der Waals surface area contributed by atoms with Crippen LogP contribution in [0.1, 0.15) is 17.5 Å². The smallest absolute Gasteiger partial charge is 0.124 e. The molecule has 0 bridgehead atoms. The van der Waals surface area contributed by atoms with Gasteiger partial charge in [0.1, 0.15) is 5.82 Å². The molecule has 1 N–H and O–H groups in total. The number of halogens is 1. The first-order chi connectivity index (χ1) is 6.76. The fourth-order valence-corrected chi connectivity index (χ4v) is 1.11. The van der Waals surface area contributed by atoms with Crippen molar-refractivity contribution >= 4 is 6.08 Å². The van der Waals surface area contributed by atoms with Gasteiger partial charge in [-0.3, -0.25) is 0 Å². The summed E-state index contributed by atoms with van der Waals surface area (Å²) in [4.78, 5) is 0. The molecule has 0 saturated carbocycles. The highest BCUT2D eigenvalue weighted by molar-refractivity contribution is 5.50. The Morgan fingerprint density at radius 1 is 1.43 bits per heavy atom. The summed E-state index contributed by atoms with van der Waals surface area (Å²) in [5.74, 6) is -0.381. The van der Waals surface area contributed by atoms with Crippen LogP contribution in [0.15, 0.2) is 24.3 Å². The Morgan fingerprint density at radius 3 is 2.86 bits per heavy atom. The maximum absolute atomic E-state index is 12.9. The molecule has 0 aliphatic heterocycles. The topological polar surface area (TPSA) is 44.0 Å². The van der Waals surface area contributed by atoms with Crippen LogP contribution in [0.4, 0.5) is 4.39 Å². The zero-order chi connectivity index (χ0) is 10.4. The molecule has 0 fully saturated rings. The predicted molar refractivity (Wildman–Crippen MR) is 51.6 cm³/mol. The minimum absolute atomic E-state index is 0.184. The van der Waals surface area contributed by atoms with Crippen LogP contribution >= 0.6 is 0 Å². The van der Waals surface area contributed by atoms with E-state index in [0.717, 1.165) is 0 Å². The molecule has 0 saturated heterocycles. The molecule has 72 valence electrons. The van der Waals surface area contributed by atoms with Crippen LogP contribution in [0.25, 0.3) is 6.08 Å². The van der Waals surface area contributed by atoms with E-state index in [9.17, 15) is 4.39 Å². The monoisotopic (exact) mass is 191 g/mol. The normalized spacial score (nSPS) is 10.4. The van der Waals surface area contributed by atoms with Gasteiger partial charge >= 0.3 is 0 Å². The Bertz CT molecular complexity index is 379. The van der Waals surface area contributed by atoms with Gasteiger partial charge in [-0.15, -0.1) is 0 Å². The Morgan fingerprint density at radius 2 is 2.21 bits per heavy atom. The van der Waals surface area contributed by atoms with Crippen molar-refractivity contribution < 1.29 is 9.50 Å². The second kappa shape index (κ2) is 5.15. The van der Waals surface area contributed by atoms with Crippen LogP contribution in [0.5, 0.6) is 0 Å². The third kappa shape index (κ3) is 3.00. The van der Waals surface area contributed by atoms with Gasteiger partial charge in [0.15, 0.2) is 0 Å². The van der Waals surface area contributed by atoms with E-state index < -0.39 is 0 Å². The summed E-state index contributed by atoms with van der Waals surface area (Å²) in [6, 6.07) is 6.26. The Labute approximate surface area is 81.9 Å². The molecule has 0 aromatic heterocycles. The summed E-state index contributed by atoms with van der Waals surface area (Å²) in [7, 11) is 0. The molecule has 1 rings (SSSR count). The highest BCUT2D eigenvalue weighted by atomic mass is 19.1. The van der Waals surface area contributed by atoms with E-state index in [-0.39, 0.29) is 12.4 Å². The van der Waals surface area contributed by atoms with Gasteiger partial charge in [0.25, 0.3) is 0 Å². The Kier molecular flexibility index (Phi) is 3.84. The molecule has 0 unspecified atom stereocenters. The molecule has 3 heteroatoms. The summed E-state index contributed by atoms with van der Waals surface area (Å²) < 4.78 is 12.9. The molecular formula is C11H10FNO. The lowest BCUT2D eigenvalue weighted by Gasteiger charge is -1.99. The van der Waals surface area contributed by atoms with Crippen molar-refractivity contribution in [1.29, 1.82) is 5.26 Å². The summed E-state index contributed by atoms with van der Waals surface area (Å²) in [5.41, 5.74) is 1.19. The van der Waals surface area contributed by atoms with Crippen molar-refractivity contribution in [2.24, 2.45) is 0 Å². The second-order valence-corrected chi connectivity index (χ2v) is 2.82. The van der Waals surface area contributed by atoms with Gasteiger partial charge in [-0.25, -0.2) is 4.39 Å². The van der Waals surface area contributed by atoms with E-state index in [0.29, 0.717) is 17.5 Å². The molecule has 0 aliphatic rings. The number of nitrogens with zero attached hydrogens (tertiary/aromatic N) is 1. The van der Waals surface area contributed by atoms with Gasteiger partial charge in [-0.05, 0) is 29.3 Å². The highest BCUT2D eigenvalue weighted by Crippen LogP contribution is 2.11. The van der Waals surface area contributed by atoms with Gasteiger partial charge in [0.2, 0.25) is 0 Å². The standard InChI is InChI=1S/C11H10FNO/c12-11-6-9(3-1-2-4-13)5-10(7-11)8-14/h1,3,5-7,14H,2,8H2. The van der Waals surface area contributed by atoms with Crippen molar-refractivity contribution in [1.82, 2.24) is 0 Å². The maximum atomic E-state index is 12.9. The van der Waals surface area contributed by atoms with Gasteiger partial charge in [0.05, 0.1) is 19.1 Å². The summed E-state index contributed by atoms with van der Waals surface area (Å²) in [6.07, 6.45) is 3.60. The van der Waals surface area contributed by atoms with Gasteiger partial charge in [0, 0.05) is 0 Å². The molecule has 0 heterocycles. The van der Waals surface area contributed by atoms with Crippen LogP contribution < -0.4 is 0 Å². The Balaban J connectivity index is 2.87. The summed E-state index contributed by atoms with van der Waals surface area (Å²) in [5, 5.41) is 17.1. The van der Waals surface area contributed by atoms with E-state index in [1.54, 1.807) is 18.2 Å². The van der Waals surface area contributed by atoms with Crippen LogP contribution in [0, 0.1) is 17.1 Å². The number of nitriles is 1. The van der Waals surface area contributed by atoms with Gasteiger partial charge in [-0.2, -0.15) is 5.26 Å². The number of hydrogen-bond acceptors (Lipinski definition) is 2. The zero-order valence-electron chi connectivity index (χ0n) is 7.57. The van der Waals surface area contributed by atoms with Crippen molar-refractivity contribution in [3.05, 3.63) is 41.2 Å². The molecule has 14 heavy (non-hydrogen) atoms. The molecule has 0 aliphatic carbocycles. The largest absolute Gasteiger partial charge is 0.392 e. The first kappa shape index (κ1) is 10.4.